The summed E-state index contributed by atoms with van der Waals surface area (Å²) in [5, 5.41) is 10.3. The quantitative estimate of drug-likeness (QED) is 0.473. The summed E-state index contributed by atoms with van der Waals surface area (Å²) in [6, 6.07) is 6.67. The lowest BCUT2D eigenvalue weighted by Gasteiger charge is -2.34. The number of nitrogen functional groups attached to an aromatic ring is 1. The standard InChI is InChI=1S/C17H16F4N3O6PS/c18-9-5-24(16(26)23-13(9)22)14-11(19)12(25)17(29-14,15(20)21)7-28-31(32)27-6-8-3-1-2-4-10(8)30-31/h1-5,11-12,14-15,25H,6-7H2,(H2,22,23,26)/t11-,12+,14-,17-,31?/m1/s1. The molecule has 0 bridgehead atoms. The van der Waals surface area contributed by atoms with Crippen LogP contribution in [0.25, 0.3) is 0 Å². The third kappa shape index (κ3) is 3.91. The predicted octanol–water partition coefficient (Wildman–Crippen LogP) is 2.05. The molecule has 1 aromatic carbocycles. The van der Waals surface area contributed by atoms with Crippen molar-refractivity contribution in [3.63, 3.8) is 0 Å². The summed E-state index contributed by atoms with van der Waals surface area (Å²) in [6.07, 6.45) is -10.2. The molecule has 1 fully saturated rings. The number of fused-ring (bicyclic) bond motifs is 1. The normalized spacial score (nSPS) is 32.0. The van der Waals surface area contributed by atoms with E-state index in [9.17, 15) is 27.5 Å². The highest BCUT2D eigenvalue weighted by molar-refractivity contribution is 8.07. The van der Waals surface area contributed by atoms with Gasteiger partial charge in [0.1, 0.15) is 11.9 Å². The van der Waals surface area contributed by atoms with E-state index in [4.69, 9.17) is 35.8 Å². The van der Waals surface area contributed by atoms with Crippen LogP contribution in [0.4, 0.5) is 23.4 Å². The van der Waals surface area contributed by atoms with Gasteiger partial charge in [0.2, 0.25) is 0 Å². The SMILES string of the molecule is Nc1nc(=O)n([C@@H]2O[C@@](COP3(=S)OCc4ccccc4O3)(C(F)F)[C@@H](O)[C@H]2F)cc1F. The number of para-hydroxylation sites is 1. The van der Waals surface area contributed by atoms with E-state index in [-0.39, 0.29) is 11.2 Å². The number of aromatic nitrogens is 2. The number of halogens is 4. The Hall–Kier alpha value is -2.09. The largest absolute Gasteiger partial charge is 0.424 e. The van der Waals surface area contributed by atoms with Crippen LogP contribution in [0.5, 0.6) is 5.75 Å². The summed E-state index contributed by atoms with van der Waals surface area (Å²) in [7, 11) is 0. The van der Waals surface area contributed by atoms with Crippen molar-refractivity contribution in [2.24, 2.45) is 0 Å². The molecule has 174 valence electrons. The Kier molecular flexibility index (Phi) is 6.03. The van der Waals surface area contributed by atoms with Gasteiger partial charge >= 0.3 is 12.4 Å². The fraction of sp³-hybridized carbons (Fsp3) is 0.412. The number of hydrogen-bond acceptors (Lipinski definition) is 9. The van der Waals surface area contributed by atoms with E-state index in [1.54, 1.807) is 24.3 Å². The van der Waals surface area contributed by atoms with Crippen molar-refractivity contribution in [1.29, 1.82) is 0 Å². The average Bonchev–Trinajstić information content (AvgIpc) is 3.01. The van der Waals surface area contributed by atoms with Gasteiger partial charge in [-0.2, -0.15) is 4.98 Å². The third-order valence-electron chi connectivity index (χ3n) is 5.00. The average molecular weight is 497 g/mol. The smallest absolute Gasteiger partial charge is 0.381 e. The number of alkyl halides is 3. The van der Waals surface area contributed by atoms with Gasteiger partial charge in [-0.3, -0.25) is 13.6 Å². The number of nitrogens with two attached hydrogens (primary N) is 1. The van der Waals surface area contributed by atoms with E-state index in [0.717, 1.165) is 0 Å². The Morgan fingerprint density at radius 2 is 2.16 bits per heavy atom. The van der Waals surface area contributed by atoms with Crippen molar-refractivity contribution >= 4 is 24.3 Å². The van der Waals surface area contributed by atoms with Gasteiger partial charge in [-0.15, -0.1) is 0 Å². The predicted molar refractivity (Wildman–Crippen MR) is 105 cm³/mol. The van der Waals surface area contributed by atoms with Crippen molar-refractivity contribution in [2.75, 3.05) is 12.3 Å². The molecule has 9 nitrogen and oxygen atoms in total. The summed E-state index contributed by atoms with van der Waals surface area (Å²) in [5.41, 5.74) is 1.60. The molecule has 1 aromatic heterocycles. The number of ether oxygens (including phenoxy) is 1. The molecule has 1 saturated heterocycles. The lowest BCUT2D eigenvalue weighted by Crippen LogP contribution is -2.52. The number of anilines is 1. The summed E-state index contributed by atoms with van der Waals surface area (Å²) >= 11 is 5.18. The fourth-order valence-electron chi connectivity index (χ4n) is 3.25. The highest BCUT2D eigenvalue weighted by atomic mass is 32.5. The first-order valence-electron chi connectivity index (χ1n) is 9.05. The van der Waals surface area contributed by atoms with Crippen molar-refractivity contribution < 1.29 is 41.0 Å². The van der Waals surface area contributed by atoms with Gasteiger partial charge in [-0.25, -0.2) is 22.4 Å². The Morgan fingerprint density at radius 1 is 1.44 bits per heavy atom. The van der Waals surface area contributed by atoms with Crippen LogP contribution in [0.1, 0.15) is 11.8 Å². The fourth-order valence-corrected chi connectivity index (χ4v) is 5.06. The minimum absolute atomic E-state index is 0.0152. The van der Waals surface area contributed by atoms with Crippen LogP contribution in [0.15, 0.2) is 35.3 Å². The minimum Gasteiger partial charge on any atom is -0.424 e. The second-order valence-corrected chi connectivity index (χ2v) is 9.95. The Bertz CT molecular complexity index is 1140. The molecule has 3 N–H and O–H groups in total. The molecule has 3 heterocycles. The Morgan fingerprint density at radius 3 is 2.88 bits per heavy atom. The number of rotatable bonds is 5. The molecule has 5 atom stereocenters. The molecule has 15 heteroatoms. The molecule has 2 aromatic rings. The summed E-state index contributed by atoms with van der Waals surface area (Å²) in [4.78, 5) is 15.1. The number of benzene rings is 1. The molecular formula is C17H16F4N3O6PS. The lowest BCUT2D eigenvalue weighted by atomic mass is 9.97. The molecule has 0 saturated carbocycles. The third-order valence-corrected chi connectivity index (χ3v) is 7.17. The maximum atomic E-state index is 14.8. The van der Waals surface area contributed by atoms with E-state index < -0.39 is 61.2 Å². The number of nitrogens with zero attached hydrogens (tertiary/aromatic N) is 2. The molecule has 0 aliphatic carbocycles. The Labute approximate surface area is 182 Å². The first-order chi connectivity index (χ1) is 15.1. The number of aliphatic hydroxyl groups is 1. The second-order valence-electron chi connectivity index (χ2n) is 7.01. The van der Waals surface area contributed by atoms with Crippen LogP contribution in [-0.4, -0.2) is 45.6 Å². The molecule has 2 aliphatic rings. The molecule has 0 radical (unpaired) electrons. The maximum absolute atomic E-state index is 14.8. The zero-order valence-corrected chi connectivity index (χ0v) is 17.6. The van der Waals surface area contributed by atoms with E-state index >= 15 is 0 Å². The highest BCUT2D eigenvalue weighted by Crippen LogP contribution is 2.56. The summed E-state index contributed by atoms with van der Waals surface area (Å²) < 4.78 is 78.2. The molecular weight excluding hydrogens is 481 g/mol. The monoisotopic (exact) mass is 497 g/mol. The van der Waals surface area contributed by atoms with Gasteiger partial charge in [-0.1, -0.05) is 18.2 Å². The van der Waals surface area contributed by atoms with Gasteiger partial charge in [0, 0.05) is 17.4 Å². The van der Waals surface area contributed by atoms with Crippen LogP contribution in [0.2, 0.25) is 0 Å². The van der Waals surface area contributed by atoms with Crippen LogP contribution < -0.4 is 15.9 Å². The zero-order valence-electron chi connectivity index (χ0n) is 15.9. The minimum atomic E-state index is -3.61. The number of aliphatic hydroxyl groups excluding tert-OH is 1. The first kappa shape index (κ1) is 23.1. The highest BCUT2D eigenvalue weighted by Gasteiger charge is 2.62. The lowest BCUT2D eigenvalue weighted by molar-refractivity contribution is -0.193. The van der Waals surface area contributed by atoms with Crippen molar-refractivity contribution in [2.45, 2.75) is 37.1 Å². The van der Waals surface area contributed by atoms with Gasteiger partial charge in [0.25, 0.3) is 6.43 Å². The van der Waals surface area contributed by atoms with Gasteiger partial charge in [0.05, 0.1) is 19.4 Å². The van der Waals surface area contributed by atoms with E-state index in [1.807, 2.05) is 0 Å². The molecule has 1 unspecified atom stereocenters. The zero-order chi connectivity index (χ0) is 23.3. The van der Waals surface area contributed by atoms with E-state index in [0.29, 0.717) is 17.5 Å². The molecule has 4 rings (SSSR count). The maximum Gasteiger partial charge on any atom is 0.381 e. The van der Waals surface area contributed by atoms with Crippen LogP contribution in [-0.2, 0) is 32.2 Å². The second kappa shape index (κ2) is 8.36. The van der Waals surface area contributed by atoms with Gasteiger partial charge < -0.3 is 20.1 Å². The molecule has 0 amide bonds. The van der Waals surface area contributed by atoms with Crippen LogP contribution >= 0.6 is 6.72 Å². The van der Waals surface area contributed by atoms with Crippen molar-refractivity contribution in [3.05, 3.63) is 52.3 Å². The summed E-state index contributed by atoms with van der Waals surface area (Å²) in [5.74, 6) is -1.65. The van der Waals surface area contributed by atoms with Crippen molar-refractivity contribution in [3.8, 4) is 5.75 Å². The topological polar surface area (TPSA) is 118 Å². The van der Waals surface area contributed by atoms with E-state index in [2.05, 4.69) is 4.98 Å². The van der Waals surface area contributed by atoms with Crippen LogP contribution in [0, 0.1) is 5.82 Å². The van der Waals surface area contributed by atoms with Gasteiger partial charge in [-0.05, 0) is 6.07 Å². The van der Waals surface area contributed by atoms with E-state index in [1.165, 1.54) is 0 Å². The Balaban J connectivity index is 1.59. The number of hydrogen-bond donors (Lipinski definition) is 2. The molecule has 32 heavy (non-hydrogen) atoms. The molecule has 0 spiro atoms. The van der Waals surface area contributed by atoms with Crippen molar-refractivity contribution in [1.82, 2.24) is 9.55 Å². The summed E-state index contributed by atoms with van der Waals surface area (Å²) in [6.45, 7) is -4.77. The van der Waals surface area contributed by atoms with Crippen LogP contribution in [0.3, 0.4) is 0 Å². The van der Waals surface area contributed by atoms with Gasteiger partial charge in [0.15, 0.2) is 29.6 Å². The molecule has 2 aliphatic heterocycles. The first-order valence-corrected chi connectivity index (χ1v) is 11.6.